The van der Waals surface area contributed by atoms with E-state index in [9.17, 15) is 4.79 Å². The first kappa shape index (κ1) is 16.0. The number of amides is 1. The maximum absolute atomic E-state index is 12.2. The van der Waals surface area contributed by atoms with E-state index in [2.05, 4.69) is 34.6 Å². The maximum atomic E-state index is 12.2. The van der Waals surface area contributed by atoms with Gasteiger partial charge in [0.1, 0.15) is 0 Å². The fraction of sp³-hybridized carbons (Fsp3) is 0.588. The zero-order valence-corrected chi connectivity index (χ0v) is 13.2. The number of carbonyl (C=O) groups is 1. The Kier molecular flexibility index (Phi) is 6.21. The van der Waals surface area contributed by atoms with Gasteiger partial charge in [-0.2, -0.15) is 0 Å². The van der Waals surface area contributed by atoms with E-state index in [4.69, 9.17) is 0 Å². The van der Waals surface area contributed by atoms with E-state index >= 15 is 0 Å². The molecule has 0 spiro atoms. The molecule has 21 heavy (non-hydrogen) atoms. The number of hydrogen-bond acceptors (Lipinski definition) is 3. The van der Waals surface area contributed by atoms with Crippen molar-refractivity contribution in [3.05, 3.63) is 29.8 Å². The lowest BCUT2D eigenvalue weighted by Crippen LogP contribution is -2.47. The molecule has 1 heterocycles. The summed E-state index contributed by atoms with van der Waals surface area (Å²) in [5, 5.41) is 6.23. The molecule has 0 aromatic heterocycles. The summed E-state index contributed by atoms with van der Waals surface area (Å²) in [6.07, 6.45) is 4.66. The van der Waals surface area contributed by atoms with Gasteiger partial charge >= 0.3 is 0 Å². The third-order valence-electron chi connectivity index (χ3n) is 4.18. The first-order valence-electron chi connectivity index (χ1n) is 8.00. The van der Waals surface area contributed by atoms with Crippen LogP contribution in [-0.4, -0.2) is 43.5 Å². The van der Waals surface area contributed by atoms with Crippen LogP contribution in [0.3, 0.4) is 0 Å². The van der Waals surface area contributed by atoms with Gasteiger partial charge in [-0.15, -0.1) is 0 Å². The van der Waals surface area contributed by atoms with Crippen LogP contribution in [0.15, 0.2) is 24.3 Å². The Labute approximate surface area is 127 Å². The van der Waals surface area contributed by atoms with E-state index in [0.29, 0.717) is 12.6 Å². The smallest absolute Gasteiger partial charge is 0.238 e. The lowest BCUT2D eigenvalue weighted by atomic mass is 10.0. The number of aryl methyl sites for hydroxylation is 1. The fourth-order valence-electron chi connectivity index (χ4n) is 2.94. The predicted octanol–water partition coefficient (Wildman–Crippen LogP) is 2.26. The van der Waals surface area contributed by atoms with Crippen LogP contribution in [0.5, 0.6) is 0 Å². The van der Waals surface area contributed by atoms with Crippen LogP contribution >= 0.6 is 0 Å². The van der Waals surface area contributed by atoms with Gasteiger partial charge in [-0.1, -0.05) is 25.5 Å². The van der Waals surface area contributed by atoms with Crippen LogP contribution in [0, 0.1) is 0 Å². The molecule has 0 aliphatic carbocycles. The second kappa shape index (κ2) is 8.15. The van der Waals surface area contributed by atoms with Gasteiger partial charge in [0, 0.05) is 18.3 Å². The minimum atomic E-state index is 0.0854. The molecule has 1 aliphatic heterocycles. The molecule has 1 aromatic rings. The SMILES string of the molecule is CCc1ccc(NC(=O)CN2CCCCC2CNC)cc1. The summed E-state index contributed by atoms with van der Waals surface area (Å²) >= 11 is 0. The minimum Gasteiger partial charge on any atom is -0.325 e. The topological polar surface area (TPSA) is 44.4 Å². The molecule has 2 rings (SSSR count). The van der Waals surface area contributed by atoms with Gasteiger partial charge in [0.25, 0.3) is 0 Å². The van der Waals surface area contributed by atoms with E-state index in [1.54, 1.807) is 0 Å². The van der Waals surface area contributed by atoms with Crippen molar-refractivity contribution >= 4 is 11.6 Å². The zero-order chi connectivity index (χ0) is 15.1. The van der Waals surface area contributed by atoms with Crippen molar-refractivity contribution in [2.75, 3.05) is 32.0 Å². The van der Waals surface area contributed by atoms with Crippen molar-refractivity contribution in [2.24, 2.45) is 0 Å². The highest BCUT2D eigenvalue weighted by Gasteiger charge is 2.23. The van der Waals surface area contributed by atoms with Crippen molar-refractivity contribution in [1.82, 2.24) is 10.2 Å². The summed E-state index contributed by atoms with van der Waals surface area (Å²) in [5.74, 6) is 0.0854. The molecule has 1 unspecified atom stereocenters. The van der Waals surface area contributed by atoms with Crippen LogP contribution in [0.1, 0.15) is 31.7 Å². The number of anilines is 1. The van der Waals surface area contributed by atoms with Crippen molar-refractivity contribution in [3.8, 4) is 0 Å². The largest absolute Gasteiger partial charge is 0.325 e. The van der Waals surface area contributed by atoms with E-state index in [1.807, 2.05) is 19.2 Å². The second-order valence-corrected chi connectivity index (χ2v) is 5.78. The van der Waals surface area contributed by atoms with Crippen molar-refractivity contribution in [1.29, 1.82) is 0 Å². The average molecular weight is 289 g/mol. The number of likely N-dealkylation sites (N-methyl/N-ethyl adjacent to an activating group) is 1. The number of benzene rings is 1. The normalized spacial score (nSPS) is 19.4. The number of nitrogens with one attached hydrogen (secondary N) is 2. The first-order chi connectivity index (χ1) is 10.2. The molecule has 1 aromatic carbocycles. The van der Waals surface area contributed by atoms with Crippen molar-refractivity contribution in [3.63, 3.8) is 0 Å². The highest BCUT2D eigenvalue weighted by molar-refractivity contribution is 5.92. The summed E-state index contributed by atoms with van der Waals surface area (Å²) < 4.78 is 0. The number of piperidine rings is 1. The third-order valence-corrected chi connectivity index (χ3v) is 4.18. The Balaban J connectivity index is 1.87. The Morgan fingerprint density at radius 1 is 1.29 bits per heavy atom. The Bertz CT molecular complexity index is 442. The first-order valence-corrected chi connectivity index (χ1v) is 8.00. The summed E-state index contributed by atoms with van der Waals surface area (Å²) in [6, 6.07) is 8.59. The molecule has 1 amide bonds. The van der Waals surface area contributed by atoms with E-state index in [-0.39, 0.29) is 5.91 Å². The molecule has 0 radical (unpaired) electrons. The van der Waals surface area contributed by atoms with E-state index in [0.717, 1.165) is 25.2 Å². The molecule has 1 fully saturated rings. The molecule has 1 saturated heterocycles. The Hall–Kier alpha value is -1.39. The van der Waals surface area contributed by atoms with Crippen LogP contribution < -0.4 is 10.6 Å². The average Bonchev–Trinajstić information content (AvgIpc) is 2.50. The predicted molar refractivity (Wildman–Crippen MR) is 87.6 cm³/mol. The summed E-state index contributed by atoms with van der Waals surface area (Å²) in [6.45, 7) is 4.60. The standard InChI is InChI=1S/C17H27N3O/c1-3-14-7-9-15(10-8-14)19-17(21)13-20-11-5-4-6-16(20)12-18-2/h7-10,16,18H,3-6,11-13H2,1-2H3,(H,19,21). The van der Waals surface area contributed by atoms with Crippen LogP contribution in [0.25, 0.3) is 0 Å². The number of nitrogens with zero attached hydrogens (tertiary/aromatic N) is 1. The monoisotopic (exact) mass is 289 g/mol. The lowest BCUT2D eigenvalue weighted by Gasteiger charge is -2.35. The van der Waals surface area contributed by atoms with Gasteiger partial charge in [-0.25, -0.2) is 0 Å². The molecule has 1 aliphatic rings. The molecule has 4 nitrogen and oxygen atoms in total. The molecule has 0 saturated carbocycles. The van der Waals surface area contributed by atoms with Crippen LogP contribution in [-0.2, 0) is 11.2 Å². The second-order valence-electron chi connectivity index (χ2n) is 5.78. The quantitative estimate of drug-likeness (QED) is 0.844. The van der Waals surface area contributed by atoms with Gasteiger partial charge < -0.3 is 10.6 Å². The van der Waals surface area contributed by atoms with Gasteiger partial charge in [-0.3, -0.25) is 9.69 Å². The number of rotatable bonds is 6. The number of likely N-dealkylation sites (tertiary alicyclic amines) is 1. The minimum absolute atomic E-state index is 0.0854. The number of hydrogen-bond donors (Lipinski definition) is 2. The summed E-state index contributed by atoms with van der Waals surface area (Å²) in [5.41, 5.74) is 2.18. The van der Waals surface area contributed by atoms with Gasteiger partial charge in [0.15, 0.2) is 0 Å². The summed E-state index contributed by atoms with van der Waals surface area (Å²) in [7, 11) is 1.97. The molecule has 1 atom stereocenters. The zero-order valence-electron chi connectivity index (χ0n) is 13.2. The highest BCUT2D eigenvalue weighted by atomic mass is 16.2. The van der Waals surface area contributed by atoms with Crippen LogP contribution in [0.4, 0.5) is 5.69 Å². The lowest BCUT2D eigenvalue weighted by molar-refractivity contribution is -0.118. The van der Waals surface area contributed by atoms with Crippen molar-refractivity contribution < 1.29 is 4.79 Å². The molecule has 4 heteroatoms. The molecule has 116 valence electrons. The molecule has 0 bridgehead atoms. The van der Waals surface area contributed by atoms with E-state index < -0.39 is 0 Å². The molecule has 2 N–H and O–H groups in total. The van der Waals surface area contributed by atoms with Crippen molar-refractivity contribution in [2.45, 2.75) is 38.6 Å². The van der Waals surface area contributed by atoms with Crippen LogP contribution in [0.2, 0.25) is 0 Å². The fourth-order valence-corrected chi connectivity index (χ4v) is 2.94. The van der Waals surface area contributed by atoms with E-state index in [1.165, 1.54) is 24.8 Å². The third kappa shape index (κ3) is 4.83. The number of carbonyl (C=O) groups excluding carboxylic acids is 1. The van der Waals surface area contributed by atoms with Gasteiger partial charge in [0.05, 0.1) is 6.54 Å². The Morgan fingerprint density at radius 3 is 2.71 bits per heavy atom. The molecular formula is C17H27N3O. The maximum Gasteiger partial charge on any atom is 0.238 e. The molecular weight excluding hydrogens is 262 g/mol. The summed E-state index contributed by atoms with van der Waals surface area (Å²) in [4.78, 5) is 14.5. The van der Waals surface area contributed by atoms with Gasteiger partial charge in [0.2, 0.25) is 5.91 Å². The highest BCUT2D eigenvalue weighted by Crippen LogP contribution is 2.16. The Morgan fingerprint density at radius 2 is 2.05 bits per heavy atom. The van der Waals surface area contributed by atoms with Gasteiger partial charge in [-0.05, 0) is 50.6 Å².